The van der Waals surface area contributed by atoms with Crippen molar-refractivity contribution in [1.82, 2.24) is 10.3 Å². The monoisotopic (exact) mass is 339 g/mol. The molecule has 0 aliphatic rings. The van der Waals surface area contributed by atoms with Crippen molar-refractivity contribution < 1.29 is 19.1 Å². The van der Waals surface area contributed by atoms with Gasteiger partial charge in [0.05, 0.1) is 19.0 Å². The molecule has 1 aromatic heterocycles. The summed E-state index contributed by atoms with van der Waals surface area (Å²) in [6, 6.07) is 8.43. The molecule has 2 N–H and O–H groups in total. The standard InChI is InChI=1S/C18H17N3O4/c1-3-9-25-16-10-13(6-7-15(16)24-2)11-20-17(22)18(23)21-14-5-4-8-19-12-14/h1,4-8,10,12H,9,11H2,2H3,(H,20,22)(H,21,23). The topological polar surface area (TPSA) is 89.5 Å². The van der Waals surface area contributed by atoms with Gasteiger partial charge in [0.2, 0.25) is 0 Å². The minimum atomic E-state index is -0.773. The van der Waals surface area contributed by atoms with Gasteiger partial charge in [-0.25, -0.2) is 0 Å². The second-order valence-electron chi connectivity index (χ2n) is 4.86. The van der Waals surface area contributed by atoms with Crippen LogP contribution in [0.1, 0.15) is 5.56 Å². The molecule has 2 amide bonds. The number of methoxy groups -OCH3 is 1. The molecule has 0 aliphatic carbocycles. The van der Waals surface area contributed by atoms with Gasteiger partial charge in [-0.1, -0.05) is 12.0 Å². The number of carbonyl (C=O) groups is 2. The Bertz CT molecular complexity index is 785. The molecule has 2 rings (SSSR count). The van der Waals surface area contributed by atoms with E-state index in [0.717, 1.165) is 5.56 Å². The van der Waals surface area contributed by atoms with Crippen LogP contribution < -0.4 is 20.1 Å². The number of rotatable bonds is 6. The zero-order chi connectivity index (χ0) is 18.1. The van der Waals surface area contributed by atoms with E-state index in [-0.39, 0.29) is 13.2 Å². The quantitative estimate of drug-likeness (QED) is 0.613. The van der Waals surface area contributed by atoms with Crippen molar-refractivity contribution in [1.29, 1.82) is 0 Å². The maximum atomic E-state index is 11.9. The van der Waals surface area contributed by atoms with Gasteiger partial charge in [0.25, 0.3) is 0 Å². The number of hydrogen-bond donors (Lipinski definition) is 2. The first-order chi connectivity index (χ1) is 12.1. The fourth-order valence-electron chi connectivity index (χ4n) is 1.95. The lowest BCUT2D eigenvalue weighted by Crippen LogP contribution is -2.34. The zero-order valence-corrected chi connectivity index (χ0v) is 13.6. The molecule has 0 saturated carbocycles. The second kappa shape index (κ2) is 8.93. The van der Waals surface area contributed by atoms with Crippen LogP contribution in [0.3, 0.4) is 0 Å². The Morgan fingerprint density at radius 2 is 2.08 bits per heavy atom. The summed E-state index contributed by atoms with van der Waals surface area (Å²) in [5.41, 5.74) is 1.17. The van der Waals surface area contributed by atoms with E-state index in [9.17, 15) is 9.59 Å². The van der Waals surface area contributed by atoms with Crippen LogP contribution in [0.15, 0.2) is 42.7 Å². The number of carbonyl (C=O) groups excluding carboxylic acids is 2. The average molecular weight is 339 g/mol. The Morgan fingerprint density at radius 1 is 1.24 bits per heavy atom. The van der Waals surface area contributed by atoms with Gasteiger partial charge >= 0.3 is 11.8 Å². The van der Waals surface area contributed by atoms with Crippen LogP contribution >= 0.6 is 0 Å². The van der Waals surface area contributed by atoms with Crippen LogP contribution in [-0.2, 0) is 16.1 Å². The van der Waals surface area contributed by atoms with Crippen LogP contribution in [0.5, 0.6) is 11.5 Å². The lowest BCUT2D eigenvalue weighted by molar-refractivity contribution is -0.136. The zero-order valence-electron chi connectivity index (χ0n) is 13.6. The number of ether oxygens (including phenoxy) is 2. The minimum absolute atomic E-state index is 0.0969. The average Bonchev–Trinajstić information content (AvgIpc) is 2.65. The van der Waals surface area contributed by atoms with Gasteiger partial charge in [-0.2, -0.15) is 0 Å². The summed E-state index contributed by atoms with van der Waals surface area (Å²) in [6.07, 6.45) is 8.20. The normalized spacial score (nSPS) is 9.60. The molecule has 7 heteroatoms. The maximum Gasteiger partial charge on any atom is 0.313 e. The van der Waals surface area contributed by atoms with Crippen LogP contribution in [0.25, 0.3) is 0 Å². The molecule has 0 spiro atoms. The molecule has 1 heterocycles. The lowest BCUT2D eigenvalue weighted by atomic mass is 10.2. The Balaban J connectivity index is 1.94. The van der Waals surface area contributed by atoms with E-state index in [4.69, 9.17) is 15.9 Å². The van der Waals surface area contributed by atoms with Gasteiger partial charge in [-0.3, -0.25) is 14.6 Å². The van der Waals surface area contributed by atoms with Gasteiger partial charge in [0, 0.05) is 12.7 Å². The molecule has 0 bridgehead atoms. The highest BCUT2D eigenvalue weighted by atomic mass is 16.5. The van der Waals surface area contributed by atoms with Crippen LogP contribution in [-0.4, -0.2) is 30.5 Å². The summed E-state index contributed by atoms with van der Waals surface area (Å²) in [5, 5.41) is 4.99. The molecule has 0 radical (unpaired) electrons. The first-order valence-electron chi connectivity index (χ1n) is 7.36. The highest BCUT2D eigenvalue weighted by molar-refractivity contribution is 6.39. The third-order valence-electron chi connectivity index (χ3n) is 3.12. The van der Waals surface area contributed by atoms with Gasteiger partial charge in [0.15, 0.2) is 11.5 Å². The number of anilines is 1. The highest BCUT2D eigenvalue weighted by Crippen LogP contribution is 2.27. The number of benzene rings is 1. The number of pyridine rings is 1. The predicted octanol–water partition coefficient (Wildman–Crippen LogP) is 1.36. The number of aromatic nitrogens is 1. The van der Waals surface area contributed by atoms with Crippen molar-refractivity contribution in [2.45, 2.75) is 6.54 Å². The van der Waals surface area contributed by atoms with Crippen molar-refractivity contribution in [2.75, 3.05) is 19.0 Å². The van der Waals surface area contributed by atoms with Crippen LogP contribution in [0.2, 0.25) is 0 Å². The van der Waals surface area contributed by atoms with Gasteiger partial charge < -0.3 is 20.1 Å². The summed E-state index contributed by atoms with van der Waals surface area (Å²) in [7, 11) is 1.52. The smallest absolute Gasteiger partial charge is 0.313 e. The summed E-state index contributed by atoms with van der Waals surface area (Å²) >= 11 is 0. The highest BCUT2D eigenvalue weighted by Gasteiger charge is 2.14. The third-order valence-corrected chi connectivity index (χ3v) is 3.12. The molecular weight excluding hydrogens is 322 g/mol. The first kappa shape index (κ1) is 17.8. The van der Waals surface area contributed by atoms with Crippen molar-refractivity contribution in [3.05, 3.63) is 48.3 Å². The van der Waals surface area contributed by atoms with E-state index in [1.54, 1.807) is 36.5 Å². The SMILES string of the molecule is C#CCOc1cc(CNC(=O)C(=O)Nc2cccnc2)ccc1OC. The van der Waals surface area contributed by atoms with E-state index in [1.807, 2.05) is 0 Å². The molecule has 0 atom stereocenters. The summed E-state index contributed by atoms with van der Waals surface area (Å²) in [5.74, 6) is 1.83. The molecule has 25 heavy (non-hydrogen) atoms. The maximum absolute atomic E-state index is 11.9. The minimum Gasteiger partial charge on any atom is -0.493 e. The fourth-order valence-corrected chi connectivity index (χ4v) is 1.95. The van der Waals surface area contributed by atoms with E-state index in [2.05, 4.69) is 21.5 Å². The van der Waals surface area contributed by atoms with Crippen LogP contribution in [0, 0.1) is 12.3 Å². The van der Waals surface area contributed by atoms with E-state index in [1.165, 1.54) is 13.3 Å². The number of nitrogens with one attached hydrogen (secondary N) is 2. The van der Waals surface area contributed by atoms with Crippen LogP contribution in [0.4, 0.5) is 5.69 Å². The van der Waals surface area contributed by atoms with E-state index >= 15 is 0 Å². The van der Waals surface area contributed by atoms with Crippen molar-refractivity contribution in [3.8, 4) is 23.8 Å². The van der Waals surface area contributed by atoms with Crippen molar-refractivity contribution in [2.24, 2.45) is 0 Å². The van der Waals surface area contributed by atoms with Gasteiger partial charge in [-0.15, -0.1) is 6.42 Å². The molecule has 1 aromatic carbocycles. The Hall–Kier alpha value is -3.53. The van der Waals surface area contributed by atoms with E-state index in [0.29, 0.717) is 17.2 Å². The Kier molecular flexibility index (Phi) is 6.37. The van der Waals surface area contributed by atoms with Gasteiger partial charge in [0.1, 0.15) is 6.61 Å². The molecular formula is C18H17N3O4. The Labute approximate surface area is 145 Å². The Morgan fingerprint density at radius 3 is 2.76 bits per heavy atom. The third kappa shape index (κ3) is 5.25. The lowest BCUT2D eigenvalue weighted by Gasteiger charge is -2.11. The summed E-state index contributed by atoms with van der Waals surface area (Å²) in [4.78, 5) is 27.6. The fraction of sp³-hybridized carbons (Fsp3) is 0.167. The molecule has 0 saturated heterocycles. The molecule has 7 nitrogen and oxygen atoms in total. The molecule has 0 aliphatic heterocycles. The molecule has 0 fully saturated rings. The van der Waals surface area contributed by atoms with Gasteiger partial charge in [-0.05, 0) is 29.8 Å². The van der Waals surface area contributed by atoms with Crippen molar-refractivity contribution in [3.63, 3.8) is 0 Å². The first-order valence-corrected chi connectivity index (χ1v) is 7.36. The number of hydrogen-bond acceptors (Lipinski definition) is 5. The molecule has 128 valence electrons. The predicted molar refractivity (Wildman–Crippen MR) is 92.0 cm³/mol. The largest absolute Gasteiger partial charge is 0.493 e. The number of amides is 2. The van der Waals surface area contributed by atoms with E-state index < -0.39 is 11.8 Å². The second-order valence-corrected chi connectivity index (χ2v) is 4.86. The molecule has 0 unspecified atom stereocenters. The number of terminal acetylenes is 1. The summed E-state index contributed by atoms with van der Waals surface area (Å²) in [6.45, 7) is 0.245. The molecule has 2 aromatic rings. The van der Waals surface area contributed by atoms with Crippen molar-refractivity contribution >= 4 is 17.5 Å². The number of nitrogens with zero attached hydrogens (tertiary/aromatic N) is 1. The summed E-state index contributed by atoms with van der Waals surface area (Å²) < 4.78 is 10.6.